The third-order valence-corrected chi connectivity index (χ3v) is 5.24. The summed E-state index contributed by atoms with van der Waals surface area (Å²) in [5, 5.41) is 6.07. The molecule has 0 radical (unpaired) electrons. The van der Waals surface area contributed by atoms with E-state index in [0.717, 1.165) is 18.4 Å². The molecule has 7 nitrogen and oxygen atoms in total. The molecular weight excluding hydrogens is 352 g/mol. The fourth-order valence-electron chi connectivity index (χ4n) is 2.50. The van der Waals surface area contributed by atoms with Crippen LogP contribution in [-0.4, -0.2) is 43.9 Å². The molecule has 0 aliphatic heterocycles. The van der Waals surface area contributed by atoms with Crippen molar-refractivity contribution in [3.63, 3.8) is 0 Å². The Balaban J connectivity index is 1.50. The second-order valence-corrected chi connectivity index (χ2v) is 7.70. The van der Waals surface area contributed by atoms with Crippen LogP contribution in [0.15, 0.2) is 35.1 Å². The fraction of sp³-hybridized carbons (Fsp3) is 0.444. The molecule has 0 spiro atoms. The molecule has 1 saturated carbocycles. The Hall–Kier alpha value is -2.35. The molecule has 26 heavy (non-hydrogen) atoms. The molecule has 0 saturated heterocycles. The first kappa shape index (κ1) is 18.4. The molecular formula is C18H22N4O3S. The molecule has 2 amide bonds. The van der Waals surface area contributed by atoms with Crippen LogP contribution in [0.3, 0.4) is 0 Å². The Bertz CT molecular complexity index is 761. The summed E-state index contributed by atoms with van der Waals surface area (Å²) in [6.45, 7) is 4.13. The van der Waals surface area contributed by atoms with Gasteiger partial charge in [-0.2, -0.15) is 0 Å². The van der Waals surface area contributed by atoms with E-state index in [9.17, 15) is 9.59 Å². The molecule has 0 bridgehead atoms. The maximum Gasteiger partial charge on any atom is 0.238 e. The number of thioether (sulfide) groups is 1. The van der Waals surface area contributed by atoms with Gasteiger partial charge < -0.3 is 14.7 Å². The van der Waals surface area contributed by atoms with Crippen LogP contribution in [0.2, 0.25) is 0 Å². The van der Waals surface area contributed by atoms with E-state index in [2.05, 4.69) is 15.5 Å². The van der Waals surface area contributed by atoms with Gasteiger partial charge in [0.25, 0.3) is 0 Å². The number of nitrogens with zero attached hydrogens (tertiary/aromatic N) is 3. The van der Waals surface area contributed by atoms with Crippen molar-refractivity contribution in [2.45, 2.75) is 44.5 Å². The van der Waals surface area contributed by atoms with Crippen LogP contribution in [0.1, 0.15) is 31.1 Å². The van der Waals surface area contributed by atoms with Gasteiger partial charge >= 0.3 is 0 Å². The minimum atomic E-state index is -0.363. The second-order valence-electron chi connectivity index (χ2n) is 6.37. The van der Waals surface area contributed by atoms with Crippen LogP contribution >= 0.6 is 11.8 Å². The van der Waals surface area contributed by atoms with Gasteiger partial charge in [-0.15, -0.1) is 11.8 Å². The molecule has 2 heterocycles. The summed E-state index contributed by atoms with van der Waals surface area (Å²) in [5.41, 5.74) is 1.07. The Morgan fingerprint density at radius 1 is 1.38 bits per heavy atom. The summed E-state index contributed by atoms with van der Waals surface area (Å²) >= 11 is 1.33. The molecule has 3 rings (SSSR count). The highest BCUT2D eigenvalue weighted by atomic mass is 32.2. The molecule has 8 heteroatoms. The van der Waals surface area contributed by atoms with E-state index in [1.54, 1.807) is 32.3 Å². The average molecular weight is 374 g/mol. The van der Waals surface area contributed by atoms with Crippen molar-refractivity contribution in [1.82, 2.24) is 15.0 Å². The summed E-state index contributed by atoms with van der Waals surface area (Å²) in [7, 11) is 0. The second kappa shape index (κ2) is 8.35. The largest absolute Gasteiger partial charge is 0.360 e. The number of carbonyl (C=O) groups is 2. The van der Waals surface area contributed by atoms with Crippen LogP contribution in [0.4, 0.5) is 5.82 Å². The number of hydrogen-bond donors (Lipinski definition) is 1. The molecule has 1 aliphatic carbocycles. The Labute approximate surface area is 156 Å². The monoisotopic (exact) mass is 374 g/mol. The van der Waals surface area contributed by atoms with Gasteiger partial charge in [0, 0.05) is 31.0 Å². The lowest BCUT2D eigenvalue weighted by molar-refractivity contribution is -0.129. The van der Waals surface area contributed by atoms with Crippen molar-refractivity contribution in [1.29, 1.82) is 0 Å². The van der Waals surface area contributed by atoms with Gasteiger partial charge in [-0.3, -0.25) is 14.6 Å². The summed E-state index contributed by atoms with van der Waals surface area (Å²) < 4.78 is 4.93. The quantitative estimate of drug-likeness (QED) is 0.764. The standard InChI is InChI=1S/C18H22N4O3S/c1-12-9-16(21-25-12)20-18(24)13(2)26-11-17(23)22(15-3-4-15)10-14-5-7-19-8-6-14/h5-9,13,15H,3-4,10-11H2,1-2H3,(H,20,21,24)/t13-/m1/s1. The number of nitrogens with one attached hydrogen (secondary N) is 1. The van der Waals surface area contributed by atoms with E-state index in [1.807, 2.05) is 17.0 Å². The van der Waals surface area contributed by atoms with Gasteiger partial charge in [0.15, 0.2) is 5.82 Å². The molecule has 2 aromatic rings. The molecule has 2 aromatic heterocycles. The third-order valence-electron chi connectivity index (χ3n) is 4.12. The number of anilines is 1. The van der Waals surface area contributed by atoms with Crippen LogP contribution in [0, 0.1) is 6.92 Å². The molecule has 1 fully saturated rings. The minimum absolute atomic E-state index is 0.0613. The van der Waals surface area contributed by atoms with Gasteiger partial charge in [-0.05, 0) is 44.4 Å². The van der Waals surface area contributed by atoms with Crippen molar-refractivity contribution in [2.75, 3.05) is 11.1 Å². The SMILES string of the molecule is Cc1cc(NC(=O)[C@@H](C)SCC(=O)N(Cc2ccncc2)C2CC2)no1. The van der Waals surface area contributed by atoms with Gasteiger partial charge in [-0.1, -0.05) is 5.16 Å². The van der Waals surface area contributed by atoms with E-state index in [4.69, 9.17) is 4.52 Å². The minimum Gasteiger partial charge on any atom is -0.360 e. The summed E-state index contributed by atoms with van der Waals surface area (Å²) in [6, 6.07) is 5.82. The maximum atomic E-state index is 12.6. The van der Waals surface area contributed by atoms with Crippen LogP contribution in [-0.2, 0) is 16.1 Å². The Kier molecular flexibility index (Phi) is 5.92. The summed E-state index contributed by atoms with van der Waals surface area (Å²) in [5.74, 6) is 1.17. The van der Waals surface area contributed by atoms with Crippen molar-refractivity contribution in [3.8, 4) is 0 Å². The number of rotatable bonds is 8. The number of aromatic nitrogens is 2. The van der Waals surface area contributed by atoms with Gasteiger partial charge in [0.05, 0.1) is 11.0 Å². The highest BCUT2D eigenvalue weighted by molar-refractivity contribution is 8.01. The lowest BCUT2D eigenvalue weighted by atomic mass is 10.2. The number of carbonyl (C=O) groups excluding carboxylic acids is 2. The topological polar surface area (TPSA) is 88.3 Å². The number of amides is 2. The molecule has 0 aromatic carbocycles. The van der Waals surface area contributed by atoms with Gasteiger partial charge in [-0.25, -0.2) is 0 Å². The predicted molar refractivity (Wildman–Crippen MR) is 99.6 cm³/mol. The maximum absolute atomic E-state index is 12.6. The normalized spacial score (nSPS) is 14.7. The predicted octanol–water partition coefficient (Wildman–Crippen LogP) is 2.63. The fourth-order valence-corrected chi connectivity index (χ4v) is 3.27. The molecule has 138 valence electrons. The zero-order valence-corrected chi connectivity index (χ0v) is 15.7. The zero-order chi connectivity index (χ0) is 18.5. The first-order chi connectivity index (χ1) is 12.5. The average Bonchev–Trinajstić information content (AvgIpc) is 3.40. The highest BCUT2D eigenvalue weighted by Gasteiger charge is 2.32. The van der Waals surface area contributed by atoms with Crippen LogP contribution in [0.5, 0.6) is 0 Å². The lowest BCUT2D eigenvalue weighted by Gasteiger charge is -2.23. The molecule has 1 atom stereocenters. The van der Waals surface area contributed by atoms with Gasteiger partial charge in [0.2, 0.25) is 11.8 Å². The number of hydrogen-bond acceptors (Lipinski definition) is 6. The molecule has 1 N–H and O–H groups in total. The first-order valence-electron chi connectivity index (χ1n) is 8.57. The van der Waals surface area contributed by atoms with E-state index in [-0.39, 0.29) is 22.8 Å². The summed E-state index contributed by atoms with van der Waals surface area (Å²) in [6.07, 6.45) is 5.56. The molecule has 1 aliphatic rings. The number of pyridine rings is 1. The van der Waals surface area contributed by atoms with E-state index in [1.165, 1.54) is 11.8 Å². The molecule has 0 unspecified atom stereocenters. The van der Waals surface area contributed by atoms with Crippen molar-refractivity contribution in [2.24, 2.45) is 0 Å². The number of aryl methyl sites for hydroxylation is 1. The van der Waals surface area contributed by atoms with Crippen molar-refractivity contribution in [3.05, 3.63) is 41.9 Å². The smallest absolute Gasteiger partial charge is 0.238 e. The van der Waals surface area contributed by atoms with E-state index >= 15 is 0 Å². The van der Waals surface area contributed by atoms with E-state index in [0.29, 0.717) is 24.2 Å². The summed E-state index contributed by atoms with van der Waals surface area (Å²) in [4.78, 5) is 30.8. The first-order valence-corrected chi connectivity index (χ1v) is 9.62. The van der Waals surface area contributed by atoms with Crippen LogP contribution in [0.25, 0.3) is 0 Å². The highest BCUT2D eigenvalue weighted by Crippen LogP contribution is 2.29. The van der Waals surface area contributed by atoms with E-state index < -0.39 is 0 Å². The van der Waals surface area contributed by atoms with Crippen molar-refractivity contribution < 1.29 is 14.1 Å². The van der Waals surface area contributed by atoms with Crippen molar-refractivity contribution >= 4 is 29.4 Å². The van der Waals surface area contributed by atoms with Gasteiger partial charge in [0.1, 0.15) is 5.76 Å². The lowest BCUT2D eigenvalue weighted by Crippen LogP contribution is -2.35. The van der Waals surface area contributed by atoms with Crippen LogP contribution < -0.4 is 5.32 Å². The zero-order valence-electron chi connectivity index (χ0n) is 14.8. The Morgan fingerprint density at radius 3 is 2.73 bits per heavy atom. The Morgan fingerprint density at radius 2 is 2.12 bits per heavy atom. The third kappa shape index (κ3) is 5.08.